The molecule has 2 N–H and O–H groups in total. The summed E-state index contributed by atoms with van der Waals surface area (Å²) in [5.41, 5.74) is 2.78. The number of allylic oxidation sites excluding steroid dienone is 2. The summed E-state index contributed by atoms with van der Waals surface area (Å²) in [7, 11) is 0. The standard InChI is InChI=1S/C21H21Cl2N3O3/c1-10-19(11(2)26(25-10)9-14-15(22)4-3-5-16(14)23)24-20(27)17-12-6-7-13(8-12)18(17)21(28)29/h3-7,12-13,17-18H,8-9H2,1-2H3,(H,24,27)(H,28,29)/t12-,13-,17+,18+/m0/s1. The summed E-state index contributed by atoms with van der Waals surface area (Å²) in [6.45, 7) is 4.04. The highest BCUT2D eigenvalue weighted by Gasteiger charge is 2.51. The number of fused-ring (bicyclic) bond motifs is 2. The van der Waals surface area contributed by atoms with Gasteiger partial charge < -0.3 is 10.4 Å². The predicted octanol–water partition coefficient (Wildman–Crippen LogP) is 4.32. The Hall–Kier alpha value is -2.31. The van der Waals surface area contributed by atoms with Crippen molar-refractivity contribution >= 4 is 40.8 Å². The zero-order chi connectivity index (χ0) is 20.9. The predicted molar refractivity (Wildman–Crippen MR) is 111 cm³/mol. The lowest BCUT2D eigenvalue weighted by molar-refractivity contribution is -0.146. The van der Waals surface area contributed by atoms with E-state index in [0.29, 0.717) is 28.0 Å². The van der Waals surface area contributed by atoms with Gasteiger partial charge in [0.25, 0.3) is 0 Å². The number of hydrogen-bond acceptors (Lipinski definition) is 3. The van der Waals surface area contributed by atoms with Gasteiger partial charge in [-0.3, -0.25) is 14.3 Å². The number of carbonyl (C=O) groups excluding carboxylic acids is 1. The van der Waals surface area contributed by atoms with Crippen molar-refractivity contribution in [1.82, 2.24) is 9.78 Å². The van der Waals surface area contributed by atoms with Crippen LogP contribution in [0, 0.1) is 37.5 Å². The quantitative estimate of drug-likeness (QED) is 0.687. The van der Waals surface area contributed by atoms with Crippen LogP contribution in [0.2, 0.25) is 10.0 Å². The largest absolute Gasteiger partial charge is 0.481 e. The van der Waals surface area contributed by atoms with Crippen LogP contribution in [0.1, 0.15) is 23.4 Å². The molecule has 1 heterocycles. The number of nitrogens with one attached hydrogen (secondary N) is 1. The molecule has 1 aromatic heterocycles. The van der Waals surface area contributed by atoms with E-state index in [2.05, 4.69) is 10.4 Å². The second-order valence-electron chi connectivity index (χ2n) is 7.73. The number of rotatable bonds is 5. The van der Waals surface area contributed by atoms with Crippen molar-refractivity contribution in [3.8, 4) is 0 Å². The van der Waals surface area contributed by atoms with E-state index < -0.39 is 17.8 Å². The number of amides is 1. The van der Waals surface area contributed by atoms with E-state index in [1.807, 2.05) is 26.0 Å². The number of aliphatic carboxylic acids is 1. The van der Waals surface area contributed by atoms with Gasteiger partial charge in [0.05, 0.1) is 35.5 Å². The molecule has 4 rings (SSSR count). The minimum absolute atomic E-state index is 0.0290. The van der Waals surface area contributed by atoms with Crippen molar-refractivity contribution < 1.29 is 14.7 Å². The Morgan fingerprint density at radius 2 is 1.79 bits per heavy atom. The van der Waals surface area contributed by atoms with Crippen LogP contribution in [0.25, 0.3) is 0 Å². The highest BCUT2D eigenvalue weighted by atomic mass is 35.5. The lowest BCUT2D eigenvalue weighted by Crippen LogP contribution is -2.36. The van der Waals surface area contributed by atoms with Crippen molar-refractivity contribution in [3.05, 3.63) is 57.3 Å². The van der Waals surface area contributed by atoms with Crippen molar-refractivity contribution in [3.63, 3.8) is 0 Å². The highest BCUT2D eigenvalue weighted by Crippen LogP contribution is 2.48. The molecule has 8 heteroatoms. The summed E-state index contributed by atoms with van der Waals surface area (Å²) in [6.07, 6.45) is 4.61. The van der Waals surface area contributed by atoms with Crippen LogP contribution in [0.3, 0.4) is 0 Å². The summed E-state index contributed by atoms with van der Waals surface area (Å²) < 4.78 is 1.74. The maximum absolute atomic E-state index is 13.0. The van der Waals surface area contributed by atoms with Gasteiger partial charge in [0, 0.05) is 15.6 Å². The van der Waals surface area contributed by atoms with Crippen molar-refractivity contribution in [1.29, 1.82) is 0 Å². The molecular formula is C21H21Cl2N3O3. The minimum Gasteiger partial charge on any atom is -0.481 e. The third-order valence-corrected chi connectivity index (χ3v) is 6.75. The first-order chi connectivity index (χ1) is 13.8. The number of hydrogen-bond donors (Lipinski definition) is 2. The average molecular weight is 434 g/mol. The van der Waals surface area contributed by atoms with Crippen molar-refractivity contribution in [2.45, 2.75) is 26.8 Å². The van der Waals surface area contributed by atoms with Crippen molar-refractivity contribution in [2.24, 2.45) is 23.7 Å². The highest BCUT2D eigenvalue weighted by molar-refractivity contribution is 6.36. The molecule has 0 aliphatic heterocycles. The van der Waals surface area contributed by atoms with E-state index in [1.165, 1.54) is 0 Å². The topological polar surface area (TPSA) is 84.2 Å². The molecule has 1 saturated carbocycles. The first-order valence-electron chi connectivity index (χ1n) is 9.46. The van der Waals surface area contributed by atoms with Crippen LogP contribution in [-0.4, -0.2) is 26.8 Å². The molecule has 0 saturated heterocycles. The summed E-state index contributed by atoms with van der Waals surface area (Å²) in [5.74, 6) is -2.53. The Labute approximate surface area is 178 Å². The first kappa shape index (κ1) is 20.0. The van der Waals surface area contributed by atoms with Crippen LogP contribution in [-0.2, 0) is 16.1 Å². The fourth-order valence-electron chi connectivity index (χ4n) is 4.59. The van der Waals surface area contributed by atoms with Gasteiger partial charge in [-0.05, 0) is 44.2 Å². The van der Waals surface area contributed by atoms with Gasteiger partial charge in [-0.1, -0.05) is 41.4 Å². The van der Waals surface area contributed by atoms with E-state index in [1.54, 1.807) is 22.9 Å². The molecule has 2 aliphatic rings. The number of anilines is 1. The monoisotopic (exact) mass is 433 g/mol. The molecular weight excluding hydrogens is 413 g/mol. The number of aryl methyl sites for hydroxylation is 1. The number of carboxylic acids is 1. The molecule has 0 spiro atoms. The van der Waals surface area contributed by atoms with Gasteiger partial charge in [-0.25, -0.2) is 0 Å². The zero-order valence-electron chi connectivity index (χ0n) is 16.0. The number of carboxylic acid groups (broad SMARTS) is 1. The Morgan fingerprint density at radius 1 is 1.17 bits per heavy atom. The Bertz CT molecular complexity index is 1010. The molecule has 0 radical (unpaired) electrons. The molecule has 4 atom stereocenters. The molecule has 0 unspecified atom stereocenters. The molecule has 2 aromatic rings. The normalized spacial score (nSPS) is 24.8. The maximum Gasteiger partial charge on any atom is 0.307 e. The molecule has 152 valence electrons. The number of benzene rings is 1. The number of aromatic nitrogens is 2. The van der Waals surface area contributed by atoms with Gasteiger partial charge in [0.15, 0.2) is 0 Å². The molecule has 1 aromatic carbocycles. The van der Waals surface area contributed by atoms with Crippen LogP contribution >= 0.6 is 23.2 Å². The average Bonchev–Trinajstić information content (AvgIpc) is 3.34. The van der Waals surface area contributed by atoms with E-state index in [0.717, 1.165) is 17.7 Å². The van der Waals surface area contributed by atoms with E-state index in [9.17, 15) is 14.7 Å². The third-order valence-electron chi connectivity index (χ3n) is 6.05. The lowest BCUT2D eigenvalue weighted by atomic mass is 9.82. The van der Waals surface area contributed by atoms with Gasteiger partial charge >= 0.3 is 5.97 Å². The molecule has 1 amide bonds. The molecule has 1 fully saturated rings. The summed E-state index contributed by atoms with van der Waals surface area (Å²) in [6, 6.07) is 5.32. The Balaban J connectivity index is 1.58. The summed E-state index contributed by atoms with van der Waals surface area (Å²) >= 11 is 12.5. The van der Waals surface area contributed by atoms with Gasteiger partial charge in [-0.15, -0.1) is 0 Å². The minimum atomic E-state index is -0.917. The number of halogens is 2. The van der Waals surface area contributed by atoms with Gasteiger partial charge in [-0.2, -0.15) is 5.10 Å². The molecule has 6 nitrogen and oxygen atoms in total. The SMILES string of the molecule is Cc1nn(Cc2c(Cl)cccc2Cl)c(C)c1NC(=O)[C@H]1[C@H](C(=O)O)[C@H]2C=C[C@H]1C2. The fourth-order valence-corrected chi connectivity index (χ4v) is 5.10. The zero-order valence-corrected chi connectivity index (χ0v) is 17.5. The third kappa shape index (κ3) is 3.45. The fraction of sp³-hybridized carbons (Fsp3) is 0.381. The number of carbonyl (C=O) groups is 2. The molecule has 2 bridgehead atoms. The van der Waals surface area contributed by atoms with Crippen LogP contribution in [0.4, 0.5) is 5.69 Å². The van der Waals surface area contributed by atoms with Crippen LogP contribution in [0.15, 0.2) is 30.4 Å². The second kappa shape index (κ2) is 7.50. The van der Waals surface area contributed by atoms with E-state index in [-0.39, 0.29) is 17.7 Å². The van der Waals surface area contributed by atoms with Gasteiger partial charge in [0.1, 0.15) is 0 Å². The Kier molecular flexibility index (Phi) is 5.17. The van der Waals surface area contributed by atoms with Crippen LogP contribution < -0.4 is 5.32 Å². The van der Waals surface area contributed by atoms with E-state index >= 15 is 0 Å². The molecule has 29 heavy (non-hydrogen) atoms. The first-order valence-corrected chi connectivity index (χ1v) is 10.2. The smallest absolute Gasteiger partial charge is 0.307 e. The molecule has 2 aliphatic carbocycles. The summed E-state index contributed by atoms with van der Waals surface area (Å²) in [4.78, 5) is 24.7. The maximum atomic E-state index is 13.0. The summed E-state index contributed by atoms with van der Waals surface area (Å²) in [5, 5.41) is 18.2. The number of nitrogens with zero attached hydrogens (tertiary/aromatic N) is 2. The van der Waals surface area contributed by atoms with Crippen LogP contribution in [0.5, 0.6) is 0 Å². The second-order valence-corrected chi connectivity index (χ2v) is 8.55. The lowest BCUT2D eigenvalue weighted by Gasteiger charge is -2.24. The van der Waals surface area contributed by atoms with Gasteiger partial charge in [0.2, 0.25) is 5.91 Å². The van der Waals surface area contributed by atoms with Crippen molar-refractivity contribution in [2.75, 3.05) is 5.32 Å². The van der Waals surface area contributed by atoms with E-state index in [4.69, 9.17) is 23.2 Å². The Morgan fingerprint density at radius 3 is 2.41 bits per heavy atom.